The zero-order valence-corrected chi connectivity index (χ0v) is 26.1. The van der Waals surface area contributed by atoms with Crippen molar-refractivity contribution in [1.29, 1.82) is 0 Å². The smallest absolute Gasteiger partial charge is 0.428 e. The first-order valence-corrected chi connectivity index (χ1v) is 17.2. The summed E-state index contributed by atoms with van der Waals surface area (Å²) in [4.78, 5) is 27.2. The van der Waals surface area contributed by atoms with E-state index in [0.29, 0.717) is 32.1 Å². The van der Waals surface area contributed by atoms with E-state index in [0.717, 1.165) is 12.5 Å². The molecule has 4 aliphatic rings. The Labute approximate surface area is 264 Å². The van der Waals surface area contributed by atoms with Gasteiger partial charge in [-0.1, -0.05) is 61.2 Å². The van der Waals surface area contributed by atoms with Crippen LogP contribution in [0.3, 0.4) is 0 Å². The molecule has 0 aliphatic heterocycles. The molecule has 0 aromatic heterocycles. The molecule has 0 radical (unpaired) electrons. The van der Waals surface area contributed by atoms with Crippen molar-refractivity contribution in [3.63, 3.8) is 0 Å². The van der Waals surface area contributed by atoms with E-state index in [1.165, 1.54) is 14.7 Å². The summed E-state index contributed by atoms with van der Waals surface area (Å²) in [5, 5.41) is -5.12. The number of hydrogen-bond donors (Lipinski definition) is 0. The van der Waals surface area contributed by atoms with Gasteiger partial charge in [-0.3, -0.25) is 0 Å². The highest BCUT2D eigenvalue weighted by Crippen LogP contribution is 2.63. The molecule has 4 bridgehead atoms. The molecule has 0 heterocycles. The van der Waals surface area contributed by atoms with E-state index in [4.69, 9.17) is 4.74 Å². The third-order valence-electron chi connectivity index (χ3n) is 8.61. The lowest BCUT2D eigenvalue weighted by Crippen LogP contribution is -2.59. The second kappa shape index (κ2) is 13.1. The van der Waals surface area contributed by atoms with E-state index in [1.54, 1.807) is 0 Å². The maximum atomic E-state index is 13.3. The minimum atomic E-state index is -6.15. The molecule has 4 fully saturated rings. The van der Waals surface area contributed by atoms with Gasteiger partial charge in [-0.05, 0) is 86.8 Å². The summed E-state index contributed by atoms with van der Waals surface area (Å²) in [6, 6.07) is 32.2. The number of benzene rings is 3. The molecule has 0 amide bonds. The van der Waals surface area contributed by atoms with Crippen molar-refractivity contribution in [3.05, 3.63) is 104 Å². The number of alkyl halides is 2. The Balaban J connectivity index is 0.000000186. The highest BCUT2D eigenvalue weighted by molar-refractivity contribution is 7.97. The fourth-order valence-corrected chi connectivity index (χ4v) is 9.76. The molecule has 3 aromatic carbocycles. The molecule has 2 atom stereocenters. The lowest BCUT2D eigenvalue weighted by Gasteiger charge is -2.60. The van der Waals surface area contributed by atoms with Crippen molar-refractivity contribution >= 4 is 33.0 Å². The highest BCUT2D eigenvalue weighted by Gasteiger charge is 2.60. The lowest BCUT2D eigenvalue weighted by molar-refractivity contribution is -0.209. The molecule has 11 heteroatoms. The van der Waals surface area contributed by atoms with Gasteiger partial charge in [0.1, 0.15) is 5.60 Å². The number of carbonyl (C=O) groups excluding carboxylic acids is 2. The Morgan fingerprint density at radius 3 is 1.71 bits per heavy atom. The molecule has 0 saturated heterocycles. The fraction of sp³-hybridized carbons (Fsp3) is 0.353. The van der Waals surface area contributed by atoms with Gasteiger partial charge in [0.25, 0.3) is 0 Å². The average molecular weight is 657 g/mol. The number of halogens is 2. The molecule has 4 saturated carbocycles. The standard InChI is InChI=1S/C18H15S.C16H20F2O7S/c1-4-10-16(11-5-1)19(17-12-6-2-7-13-17)18-14-8-3-9-15-18;1-2-12(19)25-15-6-10-3-11(7-15)5-14(4-10,8-15)9-24-13(20)16(17,18)26(21,22)23/h1-15H;2,10-11H,1,3-9H2,(H,21,22,23)/q+1;/p-1. The van der Waals surface area contributed by atoms with Crippen LogP contribution in [0.1, 0.15) is 38.5 Å². The first-order valence-electron chi connectivity index (χ1n) is 14.6. The molecule has 0 spiro atoms. The molecule has 0 N–H and O–H groups in total. The van der Waals surface area contributed by atoms with Crippen LogP contribution in [0.5, 0.6) is 0 Å². The van der Waals surface area contributed by atoms with Crippen molar-refractivity contribution in [2.75, 3.05) is 6.61 Å². The predicted molar refractivity (Wildman–Crippen MR) is 163 cm³/mol. The number of hydrogen-bond acceptors (Lipinski definition) is 7. The van der Waals surface area contributed by atoms with Crippen LogP contribution in [0.15, 0.2) is 118 Å². The summed E-state index contributed by atoms with van der Waals surface area (Å²) in [5.74, 6) is -2.52. The summed E-state index contributed by atoms with van der Waals surface area (Å²) < 4.78 is 68.4. The summed E-state index contributed by atoms with van der Waals surface area (Å²) in [6.07, 6.45) is 4.86. The van der Waals surface area contributed by atoms with Gasteiger partial charge >= 0.3 is 17.2 Å². The number of esters is 2. The van der Waals surface area contributed by atoms with Gasteiger partial charge in [-0.25, -0.2) is 18.0 Å². The summed E-state index contributed by atoms with van der Waals surface area (Å²) in [6.45, 7) is 2.94. The topological polar surface area (TPSA) is 110 Å². The molecule has 7 nitrogen and oxygen atoms in total. The minimum absolute atomic E-state index is 0.0146. The number of ether oxygens (including phenoxy) is 2. The molecule has 4 aliphatic carbocycles. The first-order chi connectivity index (χ1) is 21.4. The van der Waals surface area contributed by atoms with Crippen LogP contribution >= 0.6 is 0 Å². The predicted octanol–water partition coefficient (Wildman–Crippen LogP) is 6.52. The second-order valence-corrected chi connectivity index (χ2v) is 15.5. The number of carbonyl (C=O) groups is 2. The minimum Gasteiger partial charge on any atom is -0.743 e. The van der Waals surface area contributed by atoms with Crippen LogP contribution in [-0.2, 0) is 40.1 Å². The lowest BCUT2D eigenvalue weighted by atomic mass is 9.48. The highest BCUT2D eigenvalue weighted by atomic mass is 32.2. The molecule has 7 rings (SSSR count). The molecule has 45 heavy (non-hydrogen) atoms. The maximum Gasteiger partial charge on any atom is 0.428 e. The van der Waals surface area contributed by atoms with Gasteiger partial charge in [-0.15, -0.1) is 0 Å². The second-order valence-electron chi connectivity index (χ2n) is 12.1. The van der Waals surface area contributed by atoms with E-state index in [9.17, 15) is 31.3 Å². The Kier molecular flexibility index (Phi) is 9.53. The van der Waals surface area contributed by atoms with Gasteiger partial charge in [0.05, 0.1) is 17.5 Å². The van der Waals surface area contributed by atoms with Gasteiger partial charge in [0.15, 0.2) is 24.8 Å². The van der Waals surface area contributed by atoms with E-state index in [2.05, 4.69) is 102 Å². The fourth-order valence-electron chi connectivity index (χ4n) is 7.39. The Bertz CT molecular complexity index is 1510. The maximum absolute atomic E-state index is 13.3. The third-order valence-corrected chi connectivity index (χ3v) is 11.6. The van der Waals surface area contributed by atoms with Crippen molar-refractivity contribution in [2.45, 2.75) is 64.1 Å². The van der Waals surface area contributed by atoms with E-state index in [1.807, 2.05) is 0 Å². The molecule has 3 aromatic rings. The Morgan fingerprint density at radius 2 is 1.31 bits per heavy atom. The van der Waals surface area contributed by atoms with Gasteiger partial charge in [0.2, 0.25) is 0 Å². The zero-order chi connectivity index (χ0) is 32.3. The molecular formula is C34H34F2O7S2. The quantitative estimate of drug-likeness (QED) is 0.112. The van der Waals surface area contributed by atoms with Crippen molar-refractivity contribution < 1.29 is 40.8 Å². The first kappa shape index (κ1) is 32.8. The Hall–Kier alpha value is -3.54. The normalized spacial score (nSPS) is 25.2. The largest absolute Gasteiger partial charge is 0.743 e. The molecule has 238 valence electrons. The third kappa shape index (κ3) is 7.31. The van der Waals surface area contributed by atoms with Gasteiger partial charge in [0, 0.05) is 11.5 Å². The van der Waals surface area contributed by atoms with Crippen LogP contribution < -0.4 is 0 Å². The average Bonchev–Trinajstić information content (AvgIpc) is 3.00. The Morgan fingerprint density at radius 1 is 0.867 bits per heavy atom. The molecular weight excluding hydrogens is 622 g/mol. The van der Waals surface area contributed by atoms with Crippen LogP contribution in [0, 0.1) is 17.3 Å². The monoisotopic (exact) mass is 656 g/mol. The van der Waals surface area contributed by atoms with Crippen LogP contribution in [0.4, 0.5) is 8.78 Å². The van der Waals surface area contributed by atoms with E-state index < -0.39 is 44.9 Å². The van der Waals surface area contributed by atoms with Crippen molar-refractivity contribution in [3.8, 4) is 0 Å². The van der Waals surface area contributed by atoms with E-state index >= 15 is 0 Å². The van der Waals surface area contributed by atoms with E-state index in [-0.39, 0.29) is 22.7 Å². The summed E-state index contributed by atoms with van der Waals surface area (Å²) >= 11 is 0. The molecule has 2 unspecified atom stereocenters. The van der Waals surface area contributed by atoms with Crippen molar-refractivity contribution in [2.24, 2.45) is 17.3 Å². The van der Waals surface area contributed by atoms with Crippen molar-refractivity contribution in [1.82, 2.24) is 0 Å². The van der Waals surface area contributed by atoms with Crippen LogP contribution in [-0.4, -0.2) is 42.4 Å². The van der Waals surface area contributed by atoms with Gasteiger partial charge < -0.3 is 14.0 Å². The van der Waals surface area contributed by atoms with Crippen LogP contribution in [0.25, 0.3) is 0 Å². The van der Waals surface area contributed by atoms with Gasteiger partial charge in [-0.2, -0.15) is 8.78 Å². The zero-order valence-electron chi connectivity index (χ0n) is 24.5. The summed E-state index contributed by atoms with van der Waals surface area (Å²) in [7, 11) is -6.16. The SMILES string of the molecule is C=CC(=O)OC12CC3CC(CC(COC(=O)C(F)(F)S(=O)(=O)[O-])(C3)C1)C2.c1ccc([S+](c2ccccc2)c2ccccc2)cc1. The summed E-state index contributed by atoms with van der Waals surface area (Å²) in [5.41, 5.74) is -1.40. The van der Waals surface area contributed by atoms with Crippen LogP contribution in [0.2, 0.25) is 0 Å². The number of rotatable bonds is 9.